The van der Waals surface area contributed by atoms with Crippen LogP contribution < -0.4 is 5.73 Å². The van der Waals surface area contributed by atoms with Crippen LogP contribution in [0.3, 0.4) is 0 Å². The van der Waals surface area contributed by atoms with Crippen LogP contribution in [0.2, 0.25) is 0 Å². The van der Waals surface area contributed by atoms with Crippen LogP contribution in [0.1, 0.15) is 19.7 Å². The zero-order valence-electron chi connectivity index (χ0n) is 10.7. The Balaban J connectivity index is 2.31. The van der Waals surface area contributed by atoms with Gasteiger partial charge >= 0.3 is 0 Å². The first-order valence-electron chi connectivity index (χ1n) is 5.84. The molecule has 1 aromatic heterocycles. The zero-order chi connectivity index (χ0) is 14.0. The molecule has 0 atom stereocenters. The van der Waals surface area contributed by atoms with E-state index in [1.807, 2.05) is 0 Å². The largest absolute Gasteiger partial charge is 0.398 e. The first kappa shape index (κ1) is 13.0. The minimum Gasteiger partial charge on any atom is -0.398 e. The van der Waals surface area contributed by atoms with Crippen LogP contribution in [0.15, 0.2) is 22.7 Å². The summed E-state index contributed by atoms with van der Waals surface area (Å²) >= 11 is 0. The van der Waals surface area contributed by atoms with Crippen LogP contribution in [0, 0.1) is 16.0 Å². The van der Waals surface area contributed by atoms with E-state index in [0.717, 1.165) is 0 Å². The number of nitrogen functional groups attached to an aromatic ring is 1. The van der Waals surface area contributed by atoms with E-state index in [0.29, 0.717) is 23.7 Å². The lowest BCUT2D eigenvalue weighted by molar-refractivity contribution is -0.384. The Bertz CT molecular complexity index is 607. The van der Waals surface area contributed by atoms with Crippen molar-refractivity contribution in [3.63, 3.8) is 0 Å². The van der Waals surface area contributed by atoms with Crippen molar-refractivity contribution in [1.29, 1.82) is 0 Å². The third-order valence-corrected chi connectivity index (χ3v) is 2.54. The molecule has 0 spiro atoms. The molecule has 2 aromatic rings. The second-order valence-electron chi connectivity index (χ2n) is 4.64. The Kier molecular flexibility index (Phi) is 3.46. The number of benzene rings is 1. The van der Waals surface area contributed by atoms with E-state index >= 15 is 0 Å². The first-order chi connectivity index (χ1) is 8.97. The molecule has 7 heteroatoms. The Morgan fingerprint density at radius 2 is 2.21 bits per heavy atom. The highest BCUT2D eigenvalue weighted by atomic mass is 16.6. The molecule has 100 valence electrons. The molecule has 0 saturated heterocycles. The van der Waals surface area contributed by atoms with E-state index in [1.165, 1.54) is 18.2 Å². The average molecular weight is 262 g/mol. The molecule has 0 aliphatic rings. The molecule has 0 radical (unpaired) electrons. The minimum atomic E-state index is -0.502. The molecule has 0 fully saturated rings. The summed E-state index contributed by atoms with van der Waals surface area (Å²) in [5, 5.41) is 14.5. The maximum Gasteiger partial charge on any atom is 0.271 e. The van der Waals surface area contributed by atoms with E-state index < -0.39 is 4.92 Å². The predicted octanol–water partition coefficient (Wildman–Crippen LogP) is 2.43. The van der Waals surface area contributed by atoms with Crippen molar-refractivity contribution in [2.75, 3.05) is 5.73 Å². The summed E-state index contributed by atoms with van der Waals surface area (Å²) in [7, 11) is 0. The van der Waals surface area contributed by atoms with Crippen molar-refractivity contribution in [1.82, 2.24) is 10.1 Å². The average Bonchev–Trinajstić information content (AvgIpc) is 2.76. The van der Waals surface area contributed by atoms with Gasteiger partial charge in [0.15, 0.2) is 5.82 Å². The lowest BCUT2D eigenvalue weighted by atomic mass is 10.1. The number of nitrogens with zero attached hydrogens (tertiary/aromatic N) is 3. The Hall–Kier alpha value is -2.44. The van der Waals surface area contributed by atoms with E-state index in [-0.39, 0.29) is 17.3 Å². The topological polar surface area (TPSA) is 108 Å². The van der Waals surface area contributed by atoms with Crippen molar-refractivity contribution >= 4 is 11.4 Å². The van der Waals surface area contributed by atoms with Gasteiger partial charge in [0.05, 0.1) is 16.2 Å². The van der Waals surface area contributed by atoms with Crippen molar-refractivity contribution in [3.8, 4) is 11.5 Å². The number of hydrogen-bond donors (Lipinski definition) is 1. The number of anilines is 1. The molecule has 0 aliphatic heterocycles. The Morgan fingerprint density at radius 3 is 2.79 bits per heavy atom. The maximum atomic E-state index is 10.6. The smallest absolute Gasteiger partial charge is 0.271 e. The molecule has 19 heavy (non-hydrogen) atoms. The number of rotatable bonds is 4. The van der Waals surface area contributed by atoms with E-state index in [1.54, 1.807) is 0 Å². The standard InChI is InChI=1S/C12H14N4O3/c1-7(2)5-11-14-12(19-15-11)9-4-3-8(16(17)18)6-10(9)13/h3-4,6-7H,5,13H2,1-2H3. The SMILES string of the molecule is CC(C)Cc1noc(-c2ccc([N+](=O)[O-])cc2N)n1. The molecule has 2 rings (SSSR count). The van der Waals surface area contributed by atoms with Crippen LogP contribution in [-0.2, 0) is 6.42 Å². The molecular formula is C12H14N4O3. The van der Waals surface area contributed by atoms with Crippen molar-refractivity contribution in [3.05, 3.63) is 34.1 Å². The van der Waals surface area contributed by atoms with Crippen LogP contribution in [0.5, 0.6) is 0 Å². The molecule has 2 N–H and O–H groups in total. The molecule has 0 amide bonds. The normalized spacial score (nSPS) is 10.9. The van der Waals surface area contributed by atoms with Crippen LogP contribution >= 0.6 is 0 Å². The van der Waals surface area contributed by atoms with E-state index in [4.69, 9.17) is 10.3 Å². The summed E-state index contributed by atoms with van der Waals surface area (Å²) in [5.74, 6) is 1.30. The molecule has 0 aliphatic carbocycles. The molecule has 0 bridgehead atoms. The highest BCUT2D eigenvalue weighted by Crippen LogP contribution is 2.28. The molecule has 0 saturated carbocycles. The van der Waals surface area contributed by atoms with Crippen LogP contribution in [-0.4, -0.2) is 15.1 Å². The highest BCUT2D eigenvalue weighted by Gasteiger charge is 2.15. The van der Waals surface area contributed by atoms with E-state index in [2.05, 4.69) is 24.0 Å². The van der Waals surface area contributed by atoms with Gasteiger partial charge in [0.25, 0.3) is 11.6 Å². The third kappa shape index (κ3) is 2.87. The minimum absolute atomic E-state index is 0.0665. The molecule has 1 heterocycles. The number of nitro groups is 1. The van der Waals surface area contributed by atoms with Crippen molar-refractivity contribution in [2.45, 2.75) is 20.3 Å². The van der Waals surface area contributed by atoms with Gasteiger partial charge in [-0.15, -0.1) is 0 Å². The molecule has 7 nitrogen and oxygen atoms in total. The predicted molar refractivity (Wildman–Crippen MR) is 69.3 cm³/mol. The first-order valence-corrected chi connectivity index (χ1v) is 5.84. The van der Waals surface area contributed by atoms with Crippen LogP contribution in [0.25, 0.3) is 11.5 Å². The van der Waals surface area contributed by atoms with Gasteiger partial charge < -0.3 is 10.3 Å². The molecule has 1 aromatic carbocycles. The number of non-ortho nitro benzene ring substituents is 1. The van der Waals surface area contributed by atoms with E-state index in [9.17, 15) is 10.1 Å². The number of nitro benzene ring substituents is 1. The van der Waals surface area contributed by atoms with Gasteiger partial charge in [-0.25, -0.2) is 0 Å². The maximum absolute atomic E-state index is 10.6. The van der Waals surface area contributed by atoms with Gasteiger partial charge in [-0.3, -0.25) is 10.1 Å². The highest BCUT2D eigenvalue weighted by molar-refractivity contribution is 5.72. The van der Waals surface area contributed by atoms with Gasteiger partial charge in [-0.1, -0.05) is 19.0 Å². The quantitative estimate of drug-likeness (QED) is 0.515. The zero-order valence-corrected chi connectivity index (χ0v) is 10.7. The fourth-order valence-corrected chi connectivity index (χ4v) is 1.67. The van der Waals surface area contributed by atoms with Gasteiger partial charge in [0.2, 0.25) is 0 Å². The van der Waals surface area contributed by atoms with Gasteiger partial charge in [-0.2, -0.15) is 4.98 Å². The lowest BCUT2D eigenvalue weighted by Crippen LogP contribution is -1.96. The van der Waals surface area contributed by atoms with Crippen molar-refractivity contribution < 1.29 is 9.45 Å². The fourth-order valence-electron chi connectivity index (χ4n) is 1.67. The summed E-state index contributed by atoms with van der Waals surface area (Å²) < 4.78 is 5.12. The number of aromatic nitrogens is 2. The number of hydrogen-bond acceptors (Lipinski definition) is 6. The van der Waals surface area contributed by atoms with Crippen LogP contribution in [0.4, 0.5) is 11.4 Å². The Morgan fingerprint density at radius 1 is 1.47 bits per heavy atom. The van der Waals surface area contributed by atoms with Gasteiger partial charge in [-0.05, 0) is 12.0 Å². The van der Waals surface area contributed by atoms with Gasteiger partial charge in [0, 0.05) is 18.6 Å². The number of nitrogens with two attached hydrogens (primary N) is 1. The molecule has 0 unspecified atom stereocenters. The van der Waals surface area contributed by atoms with Crippen molar-refractivity contribution in [2.24, 2.45) is 5.92 Å². The summed E-state index contributed by atoms with van der Waals surface area (Å²) in [6.07, 6.45) is 0.705. The van der Waals surface area contributed by atoms with Gasteiger partial charge in [0.1, 0.15) is 0 Å². The second-order valence-corrected chi connectivity index (χ2v) is 4.64. The second kappa shape index (κ2) is 5.05. The summed E-state index contributed by atoms with van der Waals surface area (Å²) in [5.41, 5.74) is 6.45. The summed E-state index contributed by atoms with van der Waals surface area (Å²) in [6, 6.07) is 4.15. The lowest BCUT2D eigenvalue weighted by Gasteiger charge is -2.00. The third-order valence-electron chi connectivity index (χ3n) is 2.54. The fraction of sp³-hybridized carbons (Fsp3) is 0.333. The summed E-state index contributed by atoms with van der Waals surface area (Å²) in [6.45, 7) is 4.10. The Labute approximate surface area is 109 Å². The monoisotopic (exact) mass is 262 g/mol. The molecular weight excluding hydrogens is 248 g/mol. The summed E-state index contributed by atoms with van der Waals surface area (Å²) in [4.78, 5) is 14.4.